The lowest BCUT2D eigenvalue weighted by Gasteiger charge is -2.08. The molecule has 0 aliphatic heterocycles. The first kappa shape index (κ1) is 14.9. The van der Waals surface area contributed by atoms with Gasteiger partial charge in [0.2, 0.25) is 5.89 Å². The van der Waals surface area contributed by atoms with Gasteiger partial charge < -0.3 is 19.2 Å². The second kappa shape index (κ2) is 6.83. The van der Waals surface area contributed by atoms with E-state index in [0.29, 0.717) is 24.1 Å². The van der Waals surface area contributed by atoms with E-state index in [-0.39, 0.29) is 0 Å². The third kappa shape index (κ3) is 3.26. The summed E-state index contributed by atoms with van der Waals surface area (Å²) in [5, 5.41) is 11.4. The quantitative estimate of drug-likeness (QED) is 0.752. The topological polar surface area (TPSA) is 69.4 Å². The van der Waals surface area contributed by atoms with Crippen LogP contribution in [0.2, 0.25) is 0 Å². The molecule has 2 aromatic carbocycles. The summed E-state index contributed by atoms with van der Waals surface area (Å²) in [4.78, 5) is 0. The van der Waals surface area contributed by atoms with Gasteiger partial charge in [0, 0.05) is 0 Å². The highest BCUT2D eigenvalue weighted by molar-refractivity contribution is 5.62. The molecular formula is C17H17N3O3. The highest BCUT2D eigenvalue weighted by Crippen LogP contribution is 2.29. The second-order valence-electron chi connectivity index (χ2n) is 4.76. The van der Waals surface area contributed by atoms with Gasteiger partial charge in [-0.2, -0.15) is 0 Å². The van der Waals surface area contributed by atoms with Gasteiger partial charge in [0.05, 0.1) is 32.0 Å². The summed E-state index contributed by atoms with van der Waals surface area (Å²) in [5.74, 6) is 2.37. The number of para-hydroxylation sites is 3. The van der Waals surface area contributed by atoms with E-state index >= 15 is 0 Å². The fraction of sp³-hybridized carbons (Fsp3) is 0.176. The fourth-order valence-corrected chi connectivity index (χ4v) is 2.22. The van der Waals surface area contributed by atoms with Crippen molar-refractivity contribution in [2.75, 3.05) is 19.5 Å². The van der Waals surface area contributed by atoms with Crippen molar-refractivity contribution in [1.29, 1.82) is 0 Å². The van der Waals surface area contributed by atoms with Crippen molar-refractivity contribution >= 4 is 5.69 Å². The Bertz CT molecular complexity index is 786. The van der Waals surface area contributed by atoms with Gasteiger partial charge in [0.15, 0.2) is 0 Å². The van der Waals surface area contributed by atoms with Crippen molar-refractivity contribution in [3.05, 3.63) is 54.4 Å². The highest BCUT2D eigenvalue weighted by atomic mass is 16.5. The van der Waals surface area contributed by atoms with Crippen LogP contribution in [0, 0.1) is 0 Å². The predicted octanol–water partition coefficient (Wildman–Crippen LogP) is 3.37. The van der Waals surface area contributed by atoms with Crippen LogP contribution in [0.1, 0.15) is 5.89 Å². The standard InChI is InChI=1S/C17H17N3O3/c1-21-14-9-5-3-7-12(14)17-20-19-16(23-17)11-18-13-8-4-6-10-15(13)22-2/h3-10,18H,11H2,1-2H3. The molecule has 1 N–H and O–H groups in total. The average Bonchev–Trinajstić information content (AvgIpc) is 3.09. The van der Waals surface area contributed by atoms with Gasteiger partial charge in [0.25, 0.3) is 5.89 Å². The molecule has 6 nitrogen and oxygen atoms in total. The summed E-state index contributed by atoms with van der Waals surface area (Å²) in [7, 11) is 3.24. The van der Waals surface area contributed by atoms with E-state index in [2.05, 4.69) is 15.5 Å². The van der Waals surface area contributed by atoms with E-state index < -0.39 is 0 Å². The van der Waals surface area contributed by atoms with Crippen molar-refractivity contribution < 1.29 is 13.9 Å². The first-order valence-electron chi connectivity index (χ1n) is 7.14. The van der Waals surface area contributed by atoms with E-state index in [9.17, 15) is 0 Å². The smallest absolute Gasteiger partial charge is 0.251 e. The van der Waals surface area contributed by atoms with Crippen molar-refractivity contribution in [1.82, 2.24) is 10.2 Å². The minimum absolute atomic E-state index is 0.405. The molecule has 0 spiro atoms. The first-order chi connectivity index (χ1) is 11.3. The van der Waals surface area contributed by atoms with Gasteiger partial charge in [-0.15, -0.1) is 10.2 Å². The summed E-state index contributed by atoms with van der Waals surface area (Å²) in [5.41, 5.74) is 1.64. The molecule has 0 aliphatic carbocycles. The Hall–Kier alpha value is -3.02. The first-order valence-corrected chi connectivity index (χ1v) is 7.14. The average molecular weight is 311 g/mol. The van der Waals surface area contributed by atoms with E-state index in [0.717, 1.165) is 17.0 Å². The summed E-state index contributed by atoms with van der Waals surface area (Å²) in [6.07, 6.45) is 0. The van der Waals surface area contributed by atoms with Gasteiger partial charge in [-0.1, -0.05) is 24.3 Å². The molecule has 1 aromatic heterocycles. The normalized spacial score (nSPS) is 10.3. The number of nitrogens with zero attached hydrogens (tertiary/aromatic N) is 2. The Kier molecular flexibility index (Phi) is 4.42. The molecule has 0 radical (unpaired) electrons. The molecule has 0 bridgehead atoms. The number of aromatic nitrogens is 2. The van der Waals surface area contributed by atoms with Gasteiger partial charge in [0.1, 0.15) is 11.5 Å². The number of hydrogen-bond acceptors (Lipinski definition) is 6. The predicted molar refractivity (Wildman–Crippen MR) is 86.6 cm³/mol. The molecule has 3 rings (SSSR count). The molecule has 0 amide bonds. The molecule has 0 atom stereocenters. The maximum Gasteiger partial charge on any atom is 0.251 e. The van der Waals surface area contributed by atoms with Crippen LogP contribution < -0.4 is 14.8 Å². The van der Waals surface area contributed by atoms with Crippen molar-refractivity contribution in [2.24, 2.45) is 0 Å². The van der Waals surface area contributed by atoms with Crippen LogP contribution in [0.15, 0.2) is 52.9 Å². The van der Waals surface area contributed by atoms with E-state index in [1.165, 1.54) is 0 Å². The summed E-state index contributed by atoms with van der Waals surface area (Å²) in [6, 6.07) is 15.2. The van der Waals surface area contributed by atoms with E-state index in [1.54, 1.807) is 14.2 Å². The Morgan fingerprint density at radius 1 is 0.913 bits per heavy atom. The number of ether oxygens (including phenoxy) is 2. The number of benzene rings is 2. The number of methoxy groups -OCH3 is 2. The number of rotatable bonds is 6. The molecule has 0 unspecified atom stereocenters. The Balaban J connectivity index is 1.75. The van der Waals surface area contributed by atoms with Crippen LogP contribution in [-0.4, -0.2) is 24.4 Å². The fourth-order valence-electron chi connectivity index (χ4n) is 2.22. The molecule has 23 heavy (non-hydrogen) atoms. The summed E-state index contributed by atoms with van der Waals surface area (Å²) in [6.45, 7) is 0.405. The molecule has 3 aromatic rings. The minimum Gasteiger partial charge on any atom is -0.496 e. The number of hydrogen-bond donors (Lipinski definition) is 1. The summed E-state index contributed by atoms with van der Waals surface area (Å²) >= 11 is 0. The zero-order valence-electron chi connectivity index (χ0n) is 12.9. The van der Waals surface area contributed by atoms with Gasteiger partial charge >= 0.3 is 0 Å². The highest BCUT2D eigenvalue weighted by Gasteiger charge is 2.13. The minimum atomic E-state index is 0.405. The Labute approximate surface area is 134 Å². The van der Waals surface area contributed by atoms with Crippen LogP contribution in [0.3, 0.4) is 0 Å². The largest absolute Gasteiger partial charge is 0.496 e. The van der Waals surface area contributed by atoms with Crippen LogP contribution in [0.5, 0.6) is 11.5 Å². The third-order valence-corrected chi connectivity index (χ3v) is 3.34. The Morgan fingerprint density at radius 2 is 1.61 bits per heavy atom. The second-order valence-corrected chi connectivity index (χ2v) is 4.76. The van der Waals surface area contributed by atoms with Gasteiger partial charge in [-0.05, 0) is 24.3 Å². The van der Waals surface area contributed by atoms with Crippen LogP contribution in [0.25, 0.3) is 11.5 Å². The number of nitrogens with one attached hydrogen (secondary N) is 1. The van der Waals surface area contributed by atoms with Crippen molar-refractivity contribution in [2.45, 2.75) is 6.54 Å². The van der Waals surface area contributed by atoms with Crippen LogP contribution >= 0.6 is 0 Å². The SMILES string of the molecule is COc1ccccc1NCc1nnc(-c2ccccc2OC)o1. The maximum atomic E-state index is 5.70. The molecule has 0 saturated carbocycles. The molecule has 6 heteroatoms. The maximum absolute atomic E-state index is 5.70. The van der Waals surface area contributed by atoms with Crippen LogP contribution in [-0.2, 0) is 6.54 Å². The lowest BCUT2D eigenvalue weighted by atomic mass is 10.2. The van der Waals surface area contributed by atoms with Crippen molar-refractivity contribution in [3.63, 3.8) is 0 Å². The molecule has 1 heterocycles. The Morgan fingerprint density at radius 3 is 2.39 bits per heavy atom. The zero-order valence-corrected chi connectivity index (χ0v) is 12.9. The van der Waals surface area contributed by atoms with Crippen LogP contribution in [0.4, 0.5) is 5.69 Å². The van der Waals surface area contributed by atoms with E-state index in [4.69, 9.17) is 13.9 Å². The summed E-state index contributed by atoms with van der Waals surface area (Å²) < 4.78 is 16.3. The lowest BCUT2D eigenvalue weighted by molar-refractivity contribution is 0.413. The van der Waals surface area contributed by atoms with E-state index in [1.807, 2.05) is 48.5 Å². The monoisotopic (exact) mass is 311 g/mol. The molecule has 0 saturated heterocycles. The third-order valence-electron chi connectivity index (χ3n) is 3.34. The van der Waals surface area contributed by atoms with Crippen molar-refractivity contribution in [3.8, 4) is 23.0 Å². The molecule has 0 aliphatic rings. The zero-order chi connectivity index (χ0) is 16.1. The molecule has 118 valence electrons. The molecule has 0 fully saturated rings. The lowest BCUT2D eigenvalue weighted by Crippen LogP contribution is -2.01. The van der Waals surface area contributed by atoms with Gasteiger partial charge in [-0.3, -0.25) is 0 Å². The molecular weight excluding hydrogens is 294 g/mol. The number of anilines is 1. The van der Waals surface area contributed by atoms with Gasteiger partial charge in [-0.25, -0.2) is 0 Å².